The highest BCUT2D eigenvalue weighted by Crippen LogP contribution is 2.25. The topological polar surface area (TPSA) is 124 Å². The van der Waals surface area contributed by atoms with Gasteiger partial charge in [-0.1, -0.05) is 0 Å². The summed E-state index contributed by atoms with van der Waals surface area (Å²) >= 11 is 0. The Balaban J connectivity index is 2.76. The number of ether oxygens (including phenoxy) is 4. The molecule has 0 radical (unpaired) electrons. The van der Waals surface area contributed by atoms with E-state index in [9.17, 15) is 15.3 Å². The van der Waals surface area contributed by atoms with Gasteiger partial charge in [-0.05, 0) is 0 Å². The highest BCUT2D eigenvalue weighted by molar-refractivity contribution is 5.02. The summed E-state index contributed by atoms with van der Waals surface area (Å²) in [5.41, 5.74) is 5.60. The second-order valence-electron chi connectivity index (χ2n) is 4.12. The Morgan fingerprint density at radius 1 is 0.833 bits per heavy atom. The predicted octanol–water partition coefficient (Wildman–Crippen LogP) is -2.61. The molecule has 0 aromatic carbocycles. The molecule has 6 atom stereocenters. The summed E-state index contributed by atoms with van der Waals surface area (Å²) in [6.07, 6.45) is -5.62. The maximum absolute atomic E-state index is 9.92. The Hall–Kier alpha value is -0.320. The minimum absolute atomic E-state index is 0.0932. The minimum atomic E-state index is -1.30. The molecular formula is C10H21NO7. The van der Waals surface area contributed by atoms with Crippen LogP contribution in [0.4, 0.5) is 0 Å². The van der Waals surface area contributed by atoms with Gasteiger partial charge in [0.2, 0.25) is 0 Å². The third-order valence-corrected chi connectivity index (χ3v) is 2.89. The molecule has 0 aromatic rings. The Morgan fingerprint density at radius 3 is 1.72 bits per heavy atom. The molecule has 1 fully saturated rings. The molecule has 0 amide bonds. The van der Waals surface area contributed by atoms with Gasteiger partial charge in [0.05, 0.1) is 6.04 Å². The van der Waals surface area contributed by atoms with Crippen molar-refractivity contribution >= 4 is 0 Å². The predicted molar refractivity (Wildman–Crippen MR) is 59.5 cm³/mol. The highest BCUT2D eigenvalue weighted by Gasteiger charge is 2.49. The van der Waals surface area contributed by atoms with E-state index >= 15 is 0 Å². The number of hydrogen-bond donors (Lipinski definition) is 4. The third-order valence-electron chi connectivity index (χ3n) is 2.89. The van der Waals surface area contributed by atoms with Gasteiger partial charge in [0, 0.05) is 14.2 Å². The van der Waals surface area contributed by atoms with Gasteiger partial charge in [0.1, 0.15) is 44.1 Å². The second-order valence-corrected chi connectivity index (χ2v) is 4.12. The van der Waals surface area contributed by atoms with Crippen LogP contribution >= 0.6 is 0 Å². The normalized spacial score (nSPS) is 41.0. The zero-order valence-corrected chi connectivity index (χ0v) is 10.4. The van der Waals surface area contributed by atoms with Gasteiger partial charge in [0.25, 0.3) is 0 Å². The van der Waals surface area contributed by atoms with Crippen LogP contribution in [-0.2, 0) is 18.9 Å². The molecule has 18 heavy (non-hydrogen) atoms. The van der Waals surface area contributed by atoms with Crippen LogP contribution in [0, 0.1) is 0 Å². The highest BCUT2D eigenvalue weighted by atomic mass is 16.7. The molecule has 0 aliphatic heterocycles. The molecule has 1 aliphatic carbocycles. The van der Waals surface area contributed by atoms with Crippen molar-refractivity contribution in [2.45, 2.75) is 36.6 Å². The lowest BCUT2D eigenvalue weighted by Gasteiger charge is -2.43. The van der Waals surface area contributed by atoms with Gasteiger partial charge in [-0.15, -0.1) is 0 Å². The molecule has 5 N–H and O–H groups in total. The number of aliphatic hydroxyl groups is 3. The van der Waals surface area contributed by atoms with E-state index in [2.05, 4.69) is 0 Å². The number of rotatable bonds is 6. The minimum Gasteiger partial charge on any atom is -0.389 e. The van der Waals surface area contributed by atoms with E-state index in [1.165, 1.54) is 14.2 Å². The van der Waals surface area contributed by atoms with Gasteiger partial charge in [-0.2, -0.15) is 0 Å². The van der Waals surface area contributed by atoms with Crippen molar-refractivity contribution in [3.63, 3.8) is 0 Å². The molecule has 0 heterocycles. The number of aliphatic hydroxyl groups excluding tert-OH is 3. The molecule has 1 saturated carbocycles. The second kappa shape index (κ2) is 7.31. The molecule has 0 bridgehead atoms. The number of nitrogens with two attached hydrogens (primary N) is 1. The largest absolute Gasteiger partial charge is 0.389 e. The fourth-order valence-electron chi connectivity index (χ4n) is 1.91. The summed E-state index contributed by atoms with van der Waals surface area (Å²) in [4.78, 5) is 0. The lowest BCUT2D eigenvalue weighted by atomic mass is 9.83. The summed E-state index contributed by atoms with van der Waals surface area (Å²) in [5.74, 6) is 0. The van der Waals surface area contributed by atoms with Gasteiger partial charge < -0.3 is 40.0 Å². The summed E-state index contributed by atoms with van der Waals surface area (Å²) in [7, 11) is 2.84. The lowest BCUT2D eigenvalue weighted by Crippen LogP contribution is -2.67. The van der Waals surface area contributed by atoms with Crippen molar-refractivity contribution < 1.29 is 34.3 Å². The zero-order valence-electron chi connectivity index (χ0n) is 10.4. The summed E-state index contributed by atoms with van der Waals surface area (Å²) in [6, 6.07) is -1.02. The molecule has 1 rings (SSSR count). The van der Waals surface area contributed by atoms with E-state index in [0.29, 0.717) is 0 Å². The number of hydrogen-bond acceptors (Lipinski definition) is 8. The average Bonchev–Trinajstić information content (AvgIpc) is 2.38. The van der Waals surface area contributed by atoms with Gasteiger partial charge >= 0.3 is 0 Å². The molecule has 8 heteroatoms. The van der Waals surface area contributed by atoms with Crippen molar-refractivity contribution in [3.8, 4) is 0 Å². The van der Waals surface area contributed by atoms with E-state index in [1.807, 2.05) is 0 Å². The standard InChI is InChI=1S/C10H21NO7/c1-15-3-17-9-7(13)5(11)6(12)8(14)10(9)18-4-16-2/h5-10,12-14H,3-4,11H2,1-2H3/t5-,6-,7-,8-,9+,10+/m0/s1. The third kappa shape index (κ3) is 3.37. The van der Waals surface area contributed by atoms with Crippen LogP contribution in [0.25, 0.3) is 0 Å². The SMILES string of the molecule is COCO[C@@H]1[C@@H](O)[C@@H](N)[C@H](O)[C@H](O)[C@H]1OCOC. The first kappa shape index (κ1) is 15.7. The summed E-state index contributed by atoms with van der Waals surface area (Å²) in [5, 5.41) is 29.5. The molecule has 8 nitrogen and oxygen atoms in total. The van der Waals surface area contributed by atoms with Gasteiger partial charge in [-0.3, -0.25) is 0 Å². The molecule has 0 unspecified atom stereocenters. The van der Waals surface area contributed by atoms with Crippen LogP contribution in [0.15, 0.2) is 0 Å². The van der Waals surface area contributed by atoms with Crippen LogP contribution in [-0.4, -0.2) is 79.7 Å². The van der Waals surface area contributed by atoms with Crippen LogP contribution < -0.4 is 5.73 Å². The van der Waals surface area contributed by atoms with Crippen molar-refractivity contribution in [2.24, 2.45) is 5.73 Å². The maximum atomic E-state index is 9.92. The van der Waals surface area contributed by atoms with Crippen molar-refractivity contribution in [2.75, 3.05) is 27.8 Å². The van der Waals surface area contributed by atoms with Crippen LogP contribution in [0.5, 0.6) is 0 Å². The molecular weight excluding hydrogens is 246 g/mol. The molecule has 1 aliphatic rings. The van der Waals surface area contributed by atoms with Crippen LogP contribution in [0.2, 0.25) is 0 Å². The zero-order chi connectivity index (χ0) is 13.7. The Morgan fingerprint density at radius 2 is 1.28 bits per heavy atom. The monoisotopic (exact) mass is 267 g/mol. The Labute approximate surface area is 105 Å². The molecule has 0 spiro atoms. The Kier molecular flexibility index (Phi) is 6.39. The van der Waals surface area contributed by atoms with Crippen LogP contribution in [0.3, 0.4) is 0 Å². The van der Waals surface area contributed by atoms with E-state index in [-0.39, 0.29) is 13.6 Å². The number of methoxy groups -OCH3 is 2. The summed E-state index contributed by atoms with van der Waals surface area (Å²) < 4.78 is 19.9. The molecule has 108 valence electrons. The Bertz CT molecular complexity index is 218. The smallest absolute Gasteiger partial charge is 0.146 e. The lowest BCUT2D eigenvalue weighted by molar-refractivity contribution is -0.249. The van der Waals surface area contributed by atoms with Crippen LogP contribution in [0.1, 0.15) is 0 Å². The van der Waals surface area contributed by atoms with E-state index in [1.54, 1.807) is 0 Å². The van der Waals surface area contributed by atoms with Gasteiger partial charge in [-0.25, -0.2) is 0 Å². The van der Waals surface area contributed by atoms with Crippen molar-refractivity contribution in [1.29, 1.82) is 0 Å². The first-order valence-corrected chi connectivity index (χ1v) is 5.55. The first-order chi connectivity index (χ1) is 8.54. The fourth-order valence-corrected chi connectivity index (χ4v) is 1.91. The molecule has 0 aromatic heterocycles. The fraction of sp³-hybridized carbons (Fsp3) is 1.00. The van der Waals surface area contributed by atoms with E-state index in [4.69, 9.17) is 24.7 Å². The quantitative estimate of drug-likeness (QED) is 0.386. The van der Waals surface area contributed by atoms with Crippen molar-refractivity contribution in [3.05, 3.63) is 0 Å². The van der Waals surface area contributed by atoms with E-state index in [0.717, 1.165) is 0 Å². The summed E-state index contributed by atoms with van der Waals surface area (Å²) in [6.45, 7) is -0.201. The van der Waals surface area contributed by atoms with Gasteiger partial charge in [0.15, 0.2) is 0 Å². The maximum Gasteiger partial charge on any atom is 0.146 e. The average molecular weight is 267 g/mol. The van der Waals surface area contributed by atoms with E-state index < -0.39 is 36.6 Å². The van der Waals surface area contributed by atoms with Crippen molar-refractivity contribution in [1.82, 2.24) is 0 Å². The molecule has 0 saturated heterocycles. The first-order valence-electron chi connectivity index (χ1n) is 5.55.